The maximum absolute atomic E-state index is 12.7. The zero-order valence-electron chi connectivity index (χ0n) is 15.8. The van der Waals surface area contributed by atoms with E-state index in [9.17, 15) is 13.2 Å². The van der Waals surface area contributed by atoms with Gasteiger partial charge in [0.2, 0.25) is 15.8 Å². The first-order valence-corrected chi connectivity index (χ1v) is 9.33. The van der Waals surface area contributed by atoms with Crippen molar-refractivity contribution >= 4 is 21.6 Å². The van der Waals surface area contributed by atoms with Crippen LogP contribution in [0, 0.1) is 0 Å². The van der Waals surface area contributed by atoms with Crippen LogP contribution in [-0.4, -0.2) is 54.1 Å². The Hall–Kier alpha value is -2.78. The van der Waals surface area contributed by atoms with E-state index >= 15 is 0 Å². The van der Waals surface area contributed by atoms with Gasteiger partial charge in [-0.1, -0.05) is 6.07 Å². The number of methoxy groups -OCH3 is 3. The minimum absolute atomic E-state index is 0.0737. The van der Waals surface area contributed by atoms with Crippen LogP contribution in [0.5, 0.6) is 17.2 Å². The van der Waals surface area contributed by atoms with Crippen molar-refractivity contribution in [3.8, 4) is 17.2 Å². The average molecular weight is 394 g/mol. The lowest BCUT2D eigenvalue weighted by atomic mass is 10.1. The molecule has 0 aliphatic carbocycles. The number of carbonyl (C=O) groups is 1. The van der Waals surface area contributed by atoms with Gasteiger partial charge >= 0.3 is 0 Å². The third-order valence-electron chi connectivity index (χ3n) is 3.82. The molecular formula is C18H22N2O6S. The number of hydrogen-bond acceptors (Lipinski definition) is 6. The summed E-state index contributed by atoms with van der Waals surface area (Å²) in [5, 5.41) is 2.67. The molecule has 27 heavy (non-hydrogen) atoms. The lowest BCUT2D eigenvalue weighted by Crippen LogP contribution is -2.22. The van der Waals surface area contributed by atoms with Crippen molar-refractivity contribution in [1.29, 1.82) is 0 Å². The molecule has 0 aromatic heterocycles. The van der Waals surface area contributed by atoms with Gasteiger partial charge in [-0.2, -0.15) is 0 Å². The number of nitrogens with one attached hydrogen (secondary N) is 1. The number of sulfonamides is 1. The molecule has 8 nitrogen and oxygen atoms in total. The number of anilines is 1. The van der Waals surface area contributed by atoms with Gasteiger partial charge < -0.3 is 19.5 Å². The Morgan fingerprint density at radius 2 is 1.63 bits per heavy atom. The zero-order chi connectivity index (χ0) is 20.2. The smallest absolute Gasteiger partial charge is 0.259 e. The highest BCUT2D eigenvalue weighted by atomic mass is 32.2. The maximum atomic E-state index is 12.7. The SMILES string of the molecule is COc1ccc(C(=O)Nc2cccc(S(=O)(=O)N(C)C)c2)c(OC)c1OC. The topological polar surface area (TPSA) is 94.2 Å². The Balaban J connectivity index is 2.39. The molecule has 0 heterocycles. The molecule has 0 radical (unpaired) electrons. The van der Waals surface area contributed by atoms with Gasteiger partial charge in [0.1, 0.15) is 0 Å². The maximum Gasteiger partial charge on any atom is 0.259 e. The van der Waals surface area contributed by atoms with E-state index in [-0.39, 0.29) is 22.0 Å². The van der Waals surface area contributed by atoms with E-state index in [4.69, 9.17) is 14.2 Å². The largest absolute Gasteiger partial charge is 0.493 e. The second-order valence-corrected chi connectivity index (χ2v) is 7.80. The quantitative estimate of drug-likeness (QED) is 0.774. The van der Waals surface area contributed by atoms with E-state index < -0.39 is 15.9 Å². The standard InChI is InChI=1S/C18H22N2O6S/c1-20(2)27(22,23)13-8-6-7-12(11-13)19-18(21)14-9-10-15(24-3)17(26-5)16(14)25-4/h6-11H,1-5H3,(H,19,21). The van der Waals surface area contributed by atoms with Crippen LogP contribution in [0.25, 0.3) is 0 Å². The van der Waals surface area contributed by atoms with Crippen molar-refractivity contribution in [2.75, 3.05) is 40.7 Å². The Morgan fingerprint density at radius 1 is 0.963 bits per heavy atom. The molecule has 0 atom stereocenters. The molecule has 1 N–H and O–H groups in total. The highest BCUT2D eigenvalue weighted by Crippen LogP contribution is 2.40. The van der Waals surface area contributed by atoms with Crippen LogP contribution in [0.4, 0.5) is 5.69 Å². The second kappa shape index (κ2) is 8.28. The van der Waals surface area contributed by atoms with Crippen LogP contribution in [0.3, 0.4) is 0 Å². The molecule has 0 saturated carbocycles. The van der Waals surface area contributed by atoms with Gasteiger partial charge in [-0.05, 0) is 30.3 Å². The minimum atomic E-state index is -3.61. The molecule has 0 unspecified atom stereocenters. The molecule has 9 heteroatoms. The molecule has 2 rings (SSSR count). The molecule has 2 aromatic carbocycles. The van der Waals surface area contributed by atoms with Crippen LogP contribution >= 0.6 is 0 Å². The molecule has 0 bridgehead atoms. The van der Waals surface area contributed by atoms with Crippen molar-refractivity contribution in [1.82, 2.24) is 4.31 Å². The summed E-state index contributed by atoms with van der Waals surface area (Å²) in [4.78, 5) is 12.8. The molecule has 0 fully saturated rings. The van der Waals surface area contributed by atoms with Gasteiger partial charge in [-0.15, -0.1) is 0 Å². The lowest BCUT2D eigenvalue weighted by molar-refractivity contribution is 0.102. The summed E-state index contributed by atoms with van der Waals surface area (Å²) >= 11 is 0. The van der Waals surface area contributed by atoms with Crippen molar-refractivity contribution in [2.24, 2.45) is 0 Å². The van der Waals surface area contributed by atoms with Crippen molar-refractivity contribution in [3.63, 3.8) is 0 Å². The molecule has 0 aliphatic heterocycles. The molecule has 146 valence electrons. The van der Waals surface area contributed by atoms with Gasteiger partial charge in [0, 0.05) is 19.8 Å². The van der Waals surface area contributed by atoms with Crippen LogP contribution in [0.15, 0.2) is 41.3 Å². The van der Waals surface area contributed by atoms with E-state index in [1.807, 2.05) is 0 Å². The number of amides is 1. The molecule has 1 amide bonds. The van der Waals surface area contributed by atoms with Crippen LogP contribution in [0.1, 0.15) is 10.4 Å². The first kappa shape index (κ1) is 20.5. The first-order chi connectivity index (χ1) is 12.8. The van der Waals surface area contributed by atoms with E-state index in [2.05, 4.69) is 5.32 Å². The zero-order valence-corrected chi connectivity index (χ0v) is 16.6. The van der Waals surface area contributed by atoms with E-state index in [1.54, 1.807) is 18.2 Å². The third-order valence-corrected chi connectivity index (χ3v) is 5.63. The summed E-state index contributed by atoms with van der Waals surface area (Å²) in [7, 11) is 3.60. The Labute approximate surface area is 158 Å². The van der Waals surface area contributed by atoms with E-state index in [1.165, 1.54) is 53.6 Å². The summed E-state index contributed by atoms with van der Waals surface area (Å²) < 4.78 is 41.4. The van der Waals surface area contributed by atoms with E-state index in [0.717, 1.165) is 4.31 Å². The van der Waals surface area contributed by atoms with Crippen LogP contribution in [0.2, 0.25) is 0 Å². The normalized spacial score (nSPS) is 11.2. The monoisotopic (exact) mass is 394 g/mol. The fraction of sp³-hybridized carbons (Fsp3) is 0.278. The Morgan fingerprint density at radius 3 is 2.19 bits per heavy atom. The van der Waals surface area contributed by atoms with Gasteiger partial charge in [-0.25, -0.2) is 12.7 Å². The summed E-state index contributed by atoms with van der Waals surface area (Å²) in [6.07, 6.45) is 0. The van der Waals surface area contributed by atoms with Gasteiger partial charge in [0.15, 0.2) is 11.5 Å². The van der Waals surface area contributed by atoms with Gasteiger partial charge in [0.25, 0.3) is 5.91 Å². The number of hydrogen-bond donors (Lipinski definition) is 1. The predicted octanol–water partition coefficient (Wildman–Crippen LogP) is 2.21. The lowest BCUT2D eigenvalue weighted by Gasteiger charge is -2.16. The van der Waals surface area contributed by atoms with Crippen LogP contribution in [-0.2, 0) is 10.0 Å². The number of ether oxygens (including phenoxy) is 3. The third kappa shape index (κ3) is 4.15. The summed E-state index contributed by atoms with van der Waals surface area (Å²) in [6.45, 7) is 0. The molecule has 0 aliphatic rings. The number of nitrogens with zero attached hydrogens (tertiary/aromatic N) is 1. The number of benzene rings is 2. The summed E-state index contributed by atoms with van der Waals surface area (Å²) in [6, 6.07) is 9.12. The highest BCUT2D eigenvalue weighted by molar-refractivity contribution is 7.89. The minimum Gasteiger partial charge on any atom is -0.493 e. The summed E-state index contributed by atoms with van der Waals surface area (Å²) in [5.41, 5.74) is 0.552. The molecule has 0 saturated heterocycles. The van der Waals surface area contributed by atoms with Crippen molar-refractivity contribution in [3.05, 3.63) is 42.0 Å². The Kier molecular flexibility index (Phi) is 6.29. The molecule has 2 aromatic rings. The fourth-order valence-electron chi connectivity index (χ4n) is 2.42. The molecule has 0 spiro atoms. The predicted molar refractivity (Wildman–Crippen MR) is 101 cm³/mol. The van der Waals surface area contributed by atoms with Gasteiger partial charge in [-0.3, -0.25) is 4.79 Å². The summed E-state index contributed by atoms with van der Waals surface area (Å²) in [5.74, 6) is 0.445. The van der Waals surface area contributed by atoms with Crippen LogP contribution < -0.4 is 19.5 Å². The fourth-order valence-corrected chi connectivity index (χ4v) is 3.37. The van der Waals surface area contributed by atoms with Gasteiger partial charge in [0.05, 0.1) is 31.8 Å². The molecular weight excluding hydrogens is 372 g/mol. The first-order valence-electron chi connectivity index (χ1n) is 7.89. The highest BCUT2D eigenvalue weighted by Gasteiger charge is 2.22. The second-order valence-electron chi connectivity index (χ2n) is 5.65. The van der Waals surface area contributed by atoms with E-state index in [0.29, 0.717) is 11.4 Å². The number of rotatable bonds is 7. The van der Waals surface area contributed by atoms with Crippen molar-refractivity contribution < 1.29 is 27.4 Å². The number of carbonyl (C=O) groups excluding carboxylic acids is 1. The van der Waals surface area contributed by atoms with Crippen molar-refractivity contribution in [2.45, 2.75) is 4.90 Å². The average Bonchev–Trinajstić information content (AvgIpc) is 2.66. The Bertz CT molecular complexity index is 941.